The molecule has 8 heteroatoms. The van der Waals surface area contributed by atoms with Gasteiger partial charge in [-0.3, -0.25) is 9.59 Å². The molecule has 0 aliphatic rings. The van der Waals surface area contributed by atoms with Crippen molar-refractivity contribution in [1.82, 2.24) is 4.57 Å². The van der Waals surface area contributed by atoms with Crippen LogP contribution in [0.15, 0.2) is 52.4 Å². The quantitative estimate of drug-likeness (QED) is 0.443. The van der Waals surface area contributed by atoms with Gasteiger partial charge in [-0.25, -0.2) is 4.39 Å². The molecule has 2 aromatic carbocycles. The SMILES string of the molecule is CCOC(=O)Cn1c(=NC(=O)c2ccc(SCC)cc2)sc2cc(F)ccc21. The number of carbonyl (C=O) groups excluding carboxylic acids is 2. The first-order chi connectivity index (χ1) is 13.5. The lowest BCUT2D eigenvalue weighted by atomic mass is 10.2. The highest BCUT2D eigenvalue weighted by Gasteiger charge is 2.13. The smallest absolute Gasteiger partial charge is 0.326 e. The molecule has 0 atom stereocenters. The molecule has 0 N–H and O–H groups in total. The summed E-state index contributed by atoms with van der Waals surface area (Å²) in [5, 5.41) is 0. The largest absolute Gasteiger partial charge is 0.465 e. The number of benzene rings is 2. The minimum Gasteiger partial charge on any atom is -0.465 e. The first-order valence-corrected chi connectivity index (χ1v) is 10.6. The van der Waals surface area contributed by atoms with Gasteiger partial charge in [0.25, 0.3) is 5.91 Å². The van der Waals surface area contributed by atoms with Crippen molar-refractivity contribution in [3.8, 4) is 0 Å². The zero-order valence-electron chi connectivity index (χ0n) is 15.5. The molecule has 146 valence electrons. The van der Waals surface area contributed by atoms with E-state index in [2.05, 4.69) is 11.9 Å². The first-order valence-electron chi connectivity index (χ1n) is 8.78. The molecule has 0 saturated carbocycles. The van der Waals surface area contributed by atoms with Crippen LogP contribution in [0, 0.1) is 5.82 Å². The van der Waals surface area contributed by atoms with E-state index in [0.717, 1.165) is 22.0 Å². The van der Waals surface area contributed by atoms with Crippen molar-refractivity contribution in [3.05, 3.63) is 58.6 Å². The van der Waals surface area contributed by atoms with E-state index >= 15 is 0 Å². The predicted octanol–water partition coefficient (Wildman–Crippen LogP) is 4.26. The molecule has 1 heterocycles. The van der Waals surface area contributed by atoms with E-state index in [0.29, 0.717) is 20.6 Å². The lowest BCUT2D eigenvalue weighted by Crippen LogP contribution is -2.23. The van der Waals surface area contributed by atoms with E-state index in [9.17, 15) is 14.0 Å². The lowest BCUT2D eigenvalue weighted by Gasteiger charge is -2.05. The fraction of sp³-hybridized carbons (Fsp3) is 0.250. The third-order valence-electron chi connectivity index (χ3n) is 3.85. The molecule has 0 radical (unpaired) electrons. The molecule has 0 spiro atoms. The average molecular weight is 419 g/mol. The Morgan fingerprint density at radius 1 is 1.18 bits per heavy atom. The number of amides is 1. The second kappa shape index (κ2) is 9.16. The fourth-order valence-corrected chi connectivity index (χ4v) is 4.35. The van der Waals surface area contributed by atoms with Crippen molar-refractivity contribution in [2.75, 3.05) is 12.4 Å². The Labute approximate surface area is 169 Å². The van der Waals surface area contributed by atoms with Gasteiger partial charge >= 0.3 is 5.97 Å². The van der Waals surface area contributed by atoms with Crippen molar-refractivity contribution in [3.63, 3.8) is 0 Å². The van der Waals surface area contributed by atoms with E-state index in [4.69, 9.17) is 4.74 Å². The highest BCUT2D eigenvalue weighted by atomic mass is 32.2. The van der Waals surface area contributed by atoms with Gasteiger partial charge in [0.2, 0.25) is 0 Å². The van der Waals surface area contributed by atoms with Crippen LogP contribution >= 0.6 is 23.1 Å². The Bertz CT molecular complexity index is 1070. The molecular weight excluding hydrogens is 399 g/mol. The number of halogens is 1. The van der Waals surface area contributed by atoms with Crippen molar-refractivity contribution in [2.24, 2.45) is 4.99 Å². The van der Waals surface area contributed by atoms with Gasteiger partial charge in [-0.2, -0.15) is 4.99 Å². The number of thioether (sulfide) groups is 1. The Hall–Kier alpha value is -2.45. The molecule has 5 nitrogen and oxygen atoms in total. The first kappa shape index (κ1) is 20.3. The van der Waals surface area contributed by atoms with Crippen molar-refractivity contribution in [1.29, 1.82) is 0 Å². The van der Waals surface area contributed by atoms with Gasteiger partial charge in [-0.05, 0) is 55.1 Å². The van der Waals surface area contributed by atoms with Gasteiger partial charge in [-0.1, -0.05) is 18.3 Å². The van der Waals surface area contributed by atoms with Gasteiger partial charge < -0.3 is 9.30 Å². The van der Waals surface area contributed by atoms with Gasteiger partial charge in [0.15, 0.2) is 4.80 Å². The summed E-state index contributed by atoms with van der Waals surface area (Å²) in [5.74, 6) is -0.304. The van der Waals surface area contributed by atoms with E-state index in [1.165, 1.54) is 12.1 Å². The summed E-state index contributed by atoms with van der Waals surface area (Å²) in [4.78, 5) is 30.2. The number of esters is 1. The summed E-state index contributed by atoms with van der Waals surface area (Å²) in [6.45, 7) is 3.94. The van der Waals surface area contributed by atoms with Crippen LogP contribution in [0.3, 0.4) is 0 Å². The van der Waals surface area contributed by atoms with Crippen molar-refractivity contribution < 1.29 is 18.7 Å². The maximum absolute atomic E-state index is 13.6. The van der Waals surface area contributed by atoms with Crippen LogP contribution in [0.25, 0.3) is 10.2 Å². The molecule has 1 aromatic heterocycles. The number of nitrogens with zero attached hydrogens (tertiary/aromatic N) is 2. The normalized spacial score (nSPS) is 11.8. The fourth-order valence-electron chi connectivity index (χ4n) is 2.63. The van der Waals surface area contributed by atoms with Crippen LogP contribution in [0.2, 0.25) is 0 Å². The summed E-state index contributed by atoms with van der Waals surface area (Å²) < 4.78 is 20.8. The van der Waals surface area contributed by atoms with E-state index in [1.54, 1.807) is 41.5 Å². The van der Waals surface area contributed by atoms with Crippen LogP contribution < -0.4 is 4.80 Å². The number of thiazole rings is 1. The number of hydrogen-bond acceptors (Lipinski definition) is 5. The number of ether oxygens (including phenoxy) is 1. The summed E-state index contributed by atoms with van der Waals surface area (Å²) in [6, 6.07) is 11.5. The Morgan fingerprint density at radius 2 is 1.93 bits per heavy atom. The number of carbonyl (C=O) groups is 2. The van der Waals surface area contributed by atoms with Crippen LogP contribution in [0.1, 0.15) is 24.2 Å². The molecule has 3 rings (SSSR count). The summed E-state index contributed by atoms with van der Waals surface area (Å²) in [6.07, 6.45) is 0. The average Bonchev–Trinajstić information content (AvgIpc) is 2.98. The second-order valence-corrected chi connectivity index (χ2v) is 8.11. The molecule has 0 aliphatic heterocycles. The molecule has 1 amide bonds. The van der Waals surface area contributed by atoms with E-state index in [-0.39, 0.29) is 19.0 Å². The zero-order chi connectivity index (χ0) is 20.1. The summed E-state index contributed by atoms with van der Waals surface area (Å²) in [5.41, 5.74) is 1.08. The number of aromatic nitrogens is 1. The standard InChI is InChI=1S/C20H19FN2O3S2/c1-3-26-18(24)12-23-16-10-7-14(21)11-17(16)28-20(23)22-19(25)13-5-8-15(9-6-13)27-4-2/h5-11H,3-4,12H2,1-2H3. The van der Waals surface area contributed by atoms with E-state index in [1.807, 2.05) is 12.1 Å². The number of hydrogen-bond donors (Lipinski definition) is 0. The van der Waals surface area contributed by atoms with Crippen LogP contribution in [-0.4, -0.2) is 28.8 Å². The Morgan fingerprint density at radius 3 is 2.61 bits per heavy atom. The number of rotatable bonds is 6. The molecule has 0 unspecified atom stereocenters. The van der Waals surface area contributed by atoms with Crippen LogP contribution in [0.4, 0.5) is 4.39 Å². The summed E-state index contributed by atoms with van der Waals surface area (Å²) in [7, 11) is 0. The third kappa shape index (κ3) is 4.69. The van der Waals surface area contributed by atoms with Crippen LogP contribution in [-0.2, 0) is 16.1 Å². The predicted molar refractivity (Wildman–Crippen MR) is 109 cm³/mol. The second-order valence-electron chi connectivity index (χ2n) is 5.76. The molecule has 3 aromatic rings. The van der Waals surface area contributed by atoms with Gasteiger partial charge in [-0.15, -0.1) is 11.8 Å². The van der Waals surface area contributed by atoms with Gasteiger partial charge in [0.05, 0.1) is 16.8 Å². The van der Waals surface area contributed by atoms with Crippen molar-refractivity contribution in [2.45, 2.75) is 25.3 Å². The van der Waals surface area contributed by atoms with Crippen LogP contribution in [0.5, 0.6) is 0 Å². The molecule has 0 aliphatic carbocycles. The molecule has 0 bridgehead atoms. The Balaban J connectivity index is 2.02. The molecule has 0 fully saturated rings. The minimum atomic E-state index is -0.443. The van der Waals surface area contributed by atoms with Gasteiger partial charge in [0, 0.05) is 10.5 Å². The third-order valence-corrected chi connectivity index (χ3v) is 5.78. The highest BCUT2D eigenvalue weighted by Crippen LogP contribution is 2.20. The Kier molecular flexibility index (Phi) is 6.64. The van der Waals surface area contributed by atoms with Gasteiger partial charge in [0.1, 0.15) is 12.4 Å². The minimum absolute atomic E-state index is 0.0995. The molecular formula is C20H19FN2O3S2. The van der Waals surface area contributed by atoms with Crippen molar-refractivity contribution >= 4 is 45.2 Å². The number of fused-ring (bicyclic) bond motifs is 1. The monoisotopic (exact) mass is 418 g/mol. The highest BCUT2D eigenvalue weighted by molar-refractivity contribution is 7.99. The maximum atomic E-state index is 13.6. The zero-order valence-corrected chi connectivity index (χ0v) is 17.1. The topological polar surface area (TPSA) is 60.7 Å². The van der Waals surface area contributed by atoms with E-state index < -0.39 is 11.9 Å². The molecule has 28 heavy (non-hydrogen) atoms. The maximum Gasteiger partial charge on any atom is 0.326 e. The summed E-state index contributed by atoms with van der Waals surface area (Å²) >= 11 is 2.84. The lowest BCUT2D eigenvalue weighted by molar-refractivity contribution is -0.143. The molecule has 0 saturated heterocycles.